The van der Waals surface area contributed by atoms with Crippen LogP contribution in [0.3, 0.4) is 0 Å². The van der Waals surface area contributed by atoms with E-state index in [1.165, 1.54) is 19.2 Å². The first kappa shape index (κ1) is 16.8. The first-order chi connectivity index (χ1) is 12.0. The molecule has 2 aromatic rings. The molecule has 130 valence electrons. The fourth-order valence-electron chi connectivity index (χ4n) is 2.85. The molecule has 0 spiro atoms. The van der Waals surface area contributed by atoms with Crippen molar-refractivity contribution in [2.24, 2.45) is 5.92 Å². The van der Waals surface area contributed by atoms with E-state index in [1.807, 2.05) is 24.3 Å². The number of anilines is 1. The summed E-state index contributed by atoms with van der Waals surface area (Å²) in [4.78, 5) is 22.9. The molecular weight excluding hydrogens is 324 g/mol. The van der Waals surface area contributed by atoms with E-state index in [9.17, 15) is 14.9 Å². The summed E-state index contributed by atoms with van der Waals surface area (Å²) < 4.78 is 10.1. The minimum Gasteiger partial charge on any atom is -0.497 e. The Labute approximate surface area is 144 Å². The Morgan fingerprint density at radius 2 is 1.88 bits per heavy atom. The van der Waals surface area contributed by atoms with Gasteiger partial charge in [0.05, 0.1) is 19.1 Å². The minimum atomic E-state index is -0.536. The Hall–Kier alpha value is -3.09. The minimum absolute atomic E-state index is 0.130. The van der Waals surface area contributed by atoms with Crippen molar-refractivity contribution in [2.45, 2.75) is 12.3 Å². The average molecular weight is 342 g/mol. The van der Waals surface area contributed by atoms with E-state index in [0.717, 1.165) is 17.7 Å². The highest BCUT2D eigenvalue weighted by atomic mass is 16.6. The maximum Gasteiger partial charge on any atom is 0.312 e. The van der Waals surface area contributed by atoms with Gasteiger partial charge in [-0.15, -0.1) is 0 Å². The van der Waals surface area contributed by atoms with Crippen molar-refractivity contribution in [1.82, 2.24) is 0 Å². The van der Waals surface area contributed by atoms with Crippen LogP contribution in [0.5, 0.6) is 11.5 Å². The summed E-state index contributed by atoms with van der Waals surface area (Å²) >= 11 is 0. The summed E-state index contributed by atoms with van der Waals surface area (Å²) in [5.41, 5.74) is 1.29. The van der Waals surface area contributed by atoms with Crippen LogP contribution in [0.2, 0.25) is 0 Å². The molecule has 0 heterocycles. The number of carbonyl (C=O) groups excluding carboxylic acids is 1. The Morgan fingerprint density at radius 1 is 1.16 bits per heavy atom. The Bertz CT molecular complexity index is 804. The maximum absolute atomic E-state index is 12.4. The number of nitro groups is 1. The number of benzene rings is 2. The summed E-state index contributed by atoms with van der Waals surface area (Å²) in [7, 11) is 2.97. The van der Waals surface area contributed by atoms with Crippen molar-refractivity contribution in [3.05, 3.63) is 58.1 Å². The second-order valence-electron chi connectivity index (χ2n) is 5.85. The molecule has 0 saturated heterocycles. The van der Waals surface area contributed by atoms with Gasteiger partial charge in [0.15, 0.2) is 5.75 Å². The van der Waals surface area contributed by atoms with E-state index in [4.69, 9.17) is 9.47 Å². The van der Waals surface area contributed by atoms with Gasteiger partial charge in [0, 0.05) is 17.7 Å². The van der Waals surface area contributed by atoms with Crippen molar-refractivity contribution in [3.8, 4) is 11.5 Å². The van der Waals surface area contributed by atoms with Gasteiger partial charge in [-0.25, -0.2) is 0 Å². The molecule has 0 aliphatic heterocycles. The van der Waals surface area contributed by atoms with Gasteiger partial charge in [-0.1, -0.05) is 12.1 Å². The van der Waals surface area contributed by atoms with Gasteiger partial charge in [-0.05, 0) is 42.2 Å². The smallest absolute Gasteiger partial charge is 0.312 e. The Morgan fingerprint density at radius 3 is 2.48 bits per heavy atom. The fourth-order valence-corrected chi connectivity index (χ4v) is 2.85. The molecule has 1 saturated carbocycles. The van der Waals surface area contributed by atoms with E-state index in [2.05, 4.69) is 5.32 Å². The van der Waals surface area contributed by atoms with Gasteiger partial charge in [-0.3, -0.25) is 14.9 Å². The SMILES string of the molecule is COc1ccc(C2CC2C(=O)Nc2ccc(OC)c([N+](=O)[O-])c2)cc1. The number of amides is 1. The number of rotatable bonds is 6. The lowest BCUT2D eigenvalue weighted by molar-refractivity contribution is -0.385. The molecular formula is C18H18N2O5. The molecule has 3 rings (SSSR count). The summed E-state index contributed by atoms with van der Waals surface area (Å²) in [5.74, 6) is 0.829. The van der Waals surface area contributed by atoms with Gasteiger partial charge < -0.3 is 14.8 Å². The first-order valence-electron chi connectivity index (χ1n) is 7.80. The molecule has 1 aliphatic rings. The largest absolute Gasteiger partial charge is 0.497 e. The van der Waals surface area contributed by atoms with Crippen LogP contribution < -0.4 is 14.8 Å². The molecule has 2 aromatic carbocycles. The topological polar surface area (TPSA) is 90.7 Å². The average Bonchev–Trinajstić information content (AvgIpc) is 3.42. The van der Waals surface area contributed by atoms with Crippen molar-refractivity contribution in [2.75, 3.05) is 19.5 Å². The number of hydrogen-bond acceptors (Lipinski definition) is 5. The van der Waals surface area contributed by atoms with E-state index in [1.54, 1.807) is 13.2 Å². The van der Waals surface area contributed by atoms with Crippen LogP contribution in [-0.2, 0) is 4.79 Å². The standard InChI is InChI=1S/C18H18N2O5/c1-24-13-6-3-11(4-7-13)14-10-15(14)18(21)19-12-5-8-17(25-2)16(9-12)20(22)23/h3-9,14-15H,10H2,1-2H3,(H,19,21). The third-order valence-corrected chi connectivity index (χ3v) is 4.31. The predicted molar refractivity (Wildman–Crippen MR) is 92.1 cm³/mol. The van der Waals surface area contributed by atoms with E-state index >= 15 is 0 Å². The predicted octanol–water partition coefficient (Wildman–Crippen LogP) is 3.35. The Balaban J connectivity index is 1.67. The van der Waals surface area contributed by atoms with Gasteiger partial charge in [-0.2, -0.15) is 0 Å². The maximum atomic E-state index is 12.4. The van der Waals surface area contributed by atoms with Gasteiger partial charge >= 0.3 is 5.69 Å². The first-order valence-corrected chi connectivity index (χ1v) is 7.80. The van der Waals surface area contributed by atoms with Gasteiger partial charge in [0.25, 0.3) is 0 Å². The van der Waals surface area contributed by atoms with Crippen LogP contribution in [0, 0.1) is 16.0 Å². The van der Waals surface area contributed by atoms with Crippen molar-refractivity contribution < 1.29 is 19.2 Å². The molecule has 0 radical (unpaired) electrons. The highest BCUT2D eigenvalue weighted by Gasteiger charge is 2.44. The Kier molecular flexibility index (Phi) is 4.56. The number of nitro benzene ring substituents is 1. The number of ether oxygens (including phenoxy) is 2. The van der Waals surface area contributed by atoms with Crippen LogP contribution in [0.15, 0.2) is 42.5 Å². The molecule has 1 aliphatic carbocycles. The monoisotopic (exact) mass is 342 g/mol. The molecule has 1 N–H and O–H groups in total. The highest BCUT2D eigenvalue weighted by molar-refractivity contribution is 5.95. The molecule has 0 bridgehead atoms. The lowest BCUT2D eigenvalue weighted by atomic mass is 10.1. The summed E-state index contributed by atoms with van der Waals surface area (Å²) in [6, 6.07) is 12.0. The van der Waals surface area contributed by atoms with Crippen molar-refractivity contribution in [1.29, 1.82) is 0 Å². The second kappa shape index (κ2) is 6.80. The van der Waals surface area contributed by atoms with Gasteiger partial charge in [0.2, 0.25) is 5.91 Å². The van der Waals surface area contributed by atoms with Crippen LogP contribution in [-0.4, -0.2) is 25.1 Å². The van der Waals surface area contributed by atoms with Crippen LogP contribution in [0.25, 0.3) is 0 Å². The molecule has 1 amide bonds. The highest BCUT2D eigenvalue weighted by Crippen LogP contribution is 2.48. The zero-order chi connectivity index (χ0) is 18.0. The molecule has 0 aromatic heterocycles. The molecule has 7 heteroatoms. The molecule has 1 fully saturated rings. The lowest BCUT2D eigenvalue weighted by Crippen LogP contribution is -2.14. The van der Waals surface area contributed by atoms with Crippen molar-refractivity contribution >= 4 is 17.3 Å². The third-order valence-electron chi connectivity index (χ3n) is 4.31. The van der Waals surface area contributed by atoms with Crippen molar-refractivity contribution in [3.63, 3.8) is 0 Å². The number of nitrogens with one attached hydrogen (secondary N) is 1. The second-order valence-corrected chi connectivity index (χ2v) is 5.85. The van der Waals surface area contributed by atoms with E-state index < -0.39 is 4.92 Å². The summed E-state index contributed by atoms with van der Waals surface area (Å²) in [5, 5.41) is 13.8. The lowest BCUT2D eigenvalue weighted by Gasteiger charge is -2.07. The van der Waals surface area contributed by atoms with Crippen LogP contribution in [0.4, 0.5) is 11.4 Å². The summed E-state index contributed by atoms with van der Waals surface area (Å²) in [6.07, 6.45) is 0.760. The number of carbonyl (C=O) groups is 1. The van der Waals surface area contributed by atoms with Crippen LogP contribution >= 0.6 is 0 Å². The number of hydrogen-bond donors (Lipinski definition) is 1. The zero-order valence-corrected chi connectivity index (χ0v) is 13.9. The summed E-state index contributed by atoms with van der Waals surface area (Å²) in [6.45, 7) is 0. The quantitative estimate of drug-likeness (QED) is 0.642. The third kappa shape index (κ3) is 3.55. The number of methoxy groups -OCH3 is 2. The van der Waals surface area contributed by atoms with Gasteiger partial charge in [0.1, 0.15) is 5.75 Å². The molecule has 2 atom stereocenters. The molecule has 7 nitrogen and oxygen atoms in total. The zero-order valence-electron chi connectivity index (χ0n) is 13.9. The fraction of sp³-hybridized carbons (Fsp3) is 0.278. The van der Waals surface area contributed by atoms with E-state index in [0.29, 0.717) is 5.69 Å². The molecule has 25 heavy (non-hydrogen) atoms. The van der Waals surface area contributed by atoms with Crippen LogP contribution in [0.1, 0.15) is 17.9 Å². The van der Waals surface area contributed by atoms with E-state index in [-0.39, 0.29) is 29.2 Å². The molecule has 2 unspecified atom stereocenters. The number of nitrogens with zero attached hydrogens (tertiary/aromatic N) is 1. The normalized spacial score (nSPS) is 18.3.